The molecule has 0 aliphatic rings. The van der Waals surface area contributed by atoms with Crippen LogP contribution in [0.1, 0.15) is 50.5 Å². The zero-order chi connectivity index (χ0) is 17.1. The number of aromatic hydroxyl groups is 2. The molecule has 23 heavy (non-hydrogen) atoms. The van der Waals surface area contributed by atoms with E-state index in [1.807, 2.05) is 12.2 Å². The molecule has 1 aromatic rings. The Hall–Kier alpha value is -2.10. The highest BCUT2D eigenvalue weighted by Crippen LogP contribution is 2.43. The average Bonchev–Trinajstić information content (AvgIpc) is 2.55. The molecule has 0 aromatic heterocycles. The molecule has 1 rings (SSSR count). The van der Waals surface area contributed by atoms with Gasteiger partial charge in [-0.2, -0.15) is 0 Å². The molecule has 0 spiro atoms. The van der Waals surface area contributed by atoms with Crippen LogP contribution in [0.5, 0.6) is 23.0 Å². The fourth-order valence-electron chi connectivity index (χ4n) is 2.44. The van der Waals surface area contributed by atoms with E-state index in [9.17, 15) is 10.2 Å². The zero-order valence-electron chi connectivity index (χ0n) is 14.2. The van der Waals surface area contributed by atoms with Crippen LogP contribution in [0.3, 0.4) is 0 Å². The van der Waals surface area contributed by atoms with Crippen molar-refractivity contribution < 1.29 is 19.7 Å². The lowest BCUT2D eigenvalue weighted by Crippen LogP contribution is -1.92. The van der Waals surface area contributed by atoms with E-state index in [1.54, 1.807) is 6.08 Å². The third-order valence-electron chi connectivity index (χ3n) is 3.72. The van der Waals surface area contributed by atoms with Gasteiger partial charge < -0.3 is 19.7 Å². The monoisotopic (exact) mass is 320 g/mol. The minimum atomic E-state index is -0.0518. The van der Waals surface area contributed by atoms with Crippen molar-refractivity contribution in [2.75, 3.05) is 14.2 Å². The zero-order valence-corrected chi connectivity index (χ0v) is 14.2. The summed E-state index contributed by atoms with van der Waals surface area (Å²) in [6, 6.07) is 1.34. The van der Waals surface area contributed by atoms with Crippen molar-refractivity contribution in [2.24, 2.45) is 0 Å². The van der Waals surface area contributed by atoms with Crippen molar-refractivity contribution in [3.8, 4) is 23.0 Å². The molecule has 0 heterocycles. The van der Waals surface area contributed by atoms with Crippen LogP contribution in [-0.4, -0.2) is 24.4 Å². The van der Waals surface area contributed by atoms with E-state index in [4.69, 9.17) is 9.47 Å². The first kappa shape index (κ1) is 18.9. The summed E-state index contributed by atoms with van der Waals surface area (Å²) in [4.78, 5) is 0. The van der Waals surface area contributed by atoms with Crippen molar-refractivity contribution in [1.82, 2.24) is 0 Å². The van der Waals surface area contributed by atoms with Crippen LogP contribution in [0.4, 0.5) is 0 Å². The topological polar surface area (TPSA) is 58.9 Å². The van der Waals surface area contributed by atoms with Crippen molar-refractivity contribution >= 4 is 6.08 Å². The average molecular weight is 320 g/mol. The first-order chi connectivity index (χ1) is 11.2. The number of phenols is 2. The summed E-state index contributed by atoms with van der Waals surface area (Å²) in [5, 5.41) is 20.1. The Morgan fingerprint density at radius 3 is 2.26 bits per heavy atom. The summed E-state index contributed by atoms with van der Waals surface area (Å²) in [6.07, 6.45) is 13.7. The largest absolute Gasteiger partial charge is 0.504 e. The molecule has 1 aromatic carbocycles. The molecular weight excluding hydrogens is 292 g/mol. The summed E-state index contributed by atoms with van der Waals surface area (Å²) >= 11 is 0. The number of hydrogen-bond donors (Lipinski definition) is 2. The summed E-state index contributed by atoms with van der Waals surface area (Å²) in [5.41, 5.74) is 0.440. The van der Waals surface area contributed by atoms with Gasteiger partial charge in [0.1, 0.15) is 0 Å². The van der Waals surface area contributed by atoms with E-state index in [1.165, 1.54) is 46.0 Å². The second kappa shape index (κ2) is 10.6. The fourth-order valence-corrected chi connectivity index (χ4v) is 2.44. The Kier molecular flexibility index (Phi) is 8.73. The van der Waals surface area contributed by atoms with Crippen LogP contribution in [-0.2, 0) is 0 Å². The maximum absolute atomic E-state index is 10.2. The highest BCUT2D eigenvalue weighted by molar-refractivity contribution is 5.72. The van der Waals surface area contributed by atoms with E-state index in [2.05, 4.69) is 6.58 Å². The SMILES string of the molecule is C=CCCCCCCC/C=C/c1c(O)c(OC)cc(O)c1OC. The maximum atomic E-state index is 10.2. The number of hydrogen-bond acceptors (Lipinski definition) is 4. The predicted octanol–water partition coefficient (Wildman–Crippen LogP) is 5.04. The van der Waals surface area contributed by atoms with Gasteiger partial charge in [-0.1, -0.05) is 37.5 Å². The van der Waals surface area contributed by atoms with Crippen molar-refractivity contribution in [3.05, 3.63) is 30.4 Å². The molecule has 0 atom stereocenters. The second-order valence-electron chi connectivity index (χ2n) is 5.43. The Morgan fingerprint density at radius 2 is 1.65 bits per heavy atom. The first-order valence-electron chi connectivity index (χ1n) is 8.10. The Labute approximate surface area is 139 Å². The molecule has 0 bridgehead atoms. The molecule has 4 nitrogen and oxygen atoms in total. The van der Waals surface area contributed by atoms with Crippen molar-refractivity contribution in [3.63, 3.8) is 0 Å². The van der Waals surface area contributed by atoms with Gasteiger partial charge in [-0.15, -0.1) is 6.58 Å². The third kappa shape index (κ3) is 5.89. The van der Waals surface area contributed by atoms with E-state index in [0.717, 1.165) is 19.3 Å². The minimum Gasteiger partial charge on any atom is -0.504 e. The molecule has 0 saturated heterocycles. The maximum Gasteiger partial charge on any atom is 0.171 e. The van der Waals surface area contributed by atoms with Gasteiger partial charge in [0, 0.05) is 6.07 Å². The molecule has 4 heteroatoms. The van der Waals surface area contributed by atoms with Crippen LogP contribution in [0.25, 0.3) is 6.08 Å². The van der Waals surface area contributed by atoms with Gasteiger partial charge in [0.2, 0.25) is 0 Å². The molecule has 0 unspecified atom stereocenters. The van der Waals surface area contributed by atoms with Gasteiger partial charge in [-0.25, -0.2) is 0 Å². The van der Waals surface area contributed by atoms with Gasteiger partial charge >= 0.3 is 0 Å². The summed E-state index contributed by atoms with van der Waals surface area (Å²) in [6.45, 7) is 3.72. The molecule has 2 N–H and O–H groups in total. The number of unbranched alkanes of at least 4 members (excludes halogenated alkanes) is 6. The number of phenolic OH excluding ortho intramolecular Hbond substituents is 2. The summed E-state index contributed by atoms with van der Waals surface area (Å²) in [7, 11) is 2.91. The molecular formula is C19H28O4. The first-order valence-corrected chi connectivity index (χ1v) is 8.10. The molecule has 0 fully saturated rings. The Morgan fingerprint density at radius 1 is 1.00 bits per heavy atom. The molecule has 128 valence electrons. The number of methoxy groups -OCH3 is 2. The van der Waals surface area contributed by atoms with Crippen LogP contribution >= 0.6 is 0 Å². The van der Waals surface area contributed by atoms with E-state index < -0.39 is 0 Å². The van der Waals surface area contributed by atoms with E-state index >= 15 is 0 Å². The summed E-state index contributed by atoms with van der Waals surface area (Å²) < 4.78 is 10.2. The molecule has 0 radical (unpaired) electrons. The molecule has 0 aliphatic heterocycles. The van der Waals surface area contributed by atoms with Gasteiger partial charge in [0.15, 0.2) is 23.0 Å². The molecule has 0 amide bonds. The quantitative estimate of drug-likeness (QED) is 0.340. The minimum absolute atomic E-state index is 0.0252. The van der Waals surface area contributed by atoms with E-state index in [0.29, 0.717) is 5.56 Å². The lowest BCUT2D eigenvalue weighted by Gasteiger charge is -2.12. The van der Waals surface area contributed by atoms with Gasteiger partial charge in [-0.3, -0.25) is 0 Å². The van der Waals surface area contributed by atoms with Crippen LogP contribution in [0.2, 0.25) is 0 Å². The highest BCUT2D eigenvalue weighted by Gasteiger charge is 2.16. The molecule has 0 aliphatic carbocycles. The standard InChI is InChI=1S/C19H28O4/c1-4-5-6-7-8-9-10-11-12-13-15-18(21)17(22-2)14-16(20)19(15)23-3/h4,12-14,20-21H,1,5-11H2,2-3H3/b13-12+. The number of benzene rings is 1. The third-order valence-corrected chi connectivity index (χ3v) is 3.72. The van der Waals surface area contributed by atoms with Crippen LogP contribution in [0, 0.1) is 0 Å². The predicted molar refractivity (Wildman–Crippen MR) is 94.4 cm³/mol. The highest BCUT2D eigenvalue weighted by atomic mass is 16.5. The van der Waals surface area contributed by atoms with E-state index in [-0.39, 0.29) is 23.0 Å². The van der Waals surface area contributed by atoms with Crippen LogP contribution in [0.15, 0.2) is 24.8 Å². The Balaban J connectivity index is 2.55. The van der Waals surface area contributed by atoms with Gasteiger partial charge in [0.05, 0.1) is 19.8 Å². The second-order valence-corrected chi connectivity index (χ2v) is 5.43. The lowest BCUT2D eigenvalue weighted by molar-refractivity contribution is 0.345. The number of allylic oxidation sites excluding steroid dienone is 2. The van der Waals surface area contributed by atoms with Crippen molar-refractivity contribution in [1.29, 1.82) is 0 Å². The van der Waals surface area contributed by atoms with Gasteiger partial charge in [-0.05, 0) is 25.7 Å². The van der Waals surface area contributed by atoms with Crippen molar-refractivity contribution in [2.45, 2.75) is 44.9 Å². The Bertz CT molecular complexity index is 521. The normalized spacial score (nSPS) is 10.9. The fraction of sp³-hybridized carbons (Fsp3) is 0.474. The summed E-state index contributed by atoms with van der Waals surface area (Å²) in [5.74, 6) is 0.404. The lowest BCUT2D eigenvalue weighted by atomic mass is 10.1. The molecule has 0 saturated carbocycles. The van der Waals surface area contributed by atoms with Gasteiger partial charge in [0.25, 0.3) is 0 Å². The smallest absolute Gasteiger partial charge is 0.171 e. The number of rotatable bonds is 11. The number of ether oxygens (including phenoxy) is 2. The van der Waals surface area contributed by atoms with Crippen LogP contribution < -0.4 is 9.47 Å².